The fraction of sp³-hybridized carbons (Fsp3) is 0.500. The smallest absolute Gasteiger partial charge is 0.138 e. The number of halogens is 1. The van der Waals surface area contributed by atoms with Crippen molar-refractivity contribution in [3.8, 4) is 0 Å². The molecular formula is C8H11BrN2. The number of alkyl halides is 1. The van der Waals surface area contributed by atoms with E-state index >= 15 is 0 Å². The minimum absolute atomic E-state index is 0.513. The highest BCUT2D eigenvalue weighted by molar-refractivity contribution is 9.08. The highest BCUT2D eigenvalue weighted by Gasteiger charge is 1.99. The van der Waals surface area contributed by atoms with Gasteiger partial charge in [0.05, 0.1) is 5.33 Å². The zero-order valence-corrected chi connectivity index (χ0v) is 8.30. The van der Waals surface area contributed by atoms with Gasteiger partial charge in [0.1, 0.15) is 5.82 Å². The summed E-state index contributed by atoms with van der Waals surface area (Å²) >= 11 is 3.29. The Labute approximate surface area is 75.2 Å². The zero-order valence-electron chi connectivity index (χ0n) is 6.71. The van der Waals surface area contributed by atoms with Gasteiger partial charge in [-0.2, -0.15) is 0 Å². The van der Waals surface area contributed by atoms with Gasteiger partial charge in [-0.05, 0) is 11.5 Å². The minimum atomic E-state index is 0.513. The van der Waals surface area contributed by atoms with Crippen LogP contribution in [-0.4, -0.2) is 9.97 Å². The summed E-state index contributed by atoms with van der Waals surface area (Å²) in [5.41, 5.74) is 1.19. The molecule has 0 N–H and O–H groups in total. The van der Waals surface area contributed by atoms with Crippen LogP contribution in [0.25, 0.3) is 0 Å². The maximum atomic E-state index is 4.16. The first-order valence-electron chi connectivity index (χ1n) is 3.61. The second-order valence-electron chi connectivity index (χ2n) is 2.72. The van der Waals surface area contributed by atoms with Gasteiger partial charge < -0.3 is 0 Å². The molecule has 1 heterocycles. The molecule has 1 rings (SSSR count). The monoisotopic (exact) mass is 214 g/mol. The SMILES string of the molecule is CC(C)c1cnc(CBr)nc1. The molecule has 0 aliphatic carbocycles. The van der Waals surface area contributed by atoms with Crippen LogP contribution in [0.15, 0.2) is 12.4 Å². The van der Waals surface area contributed by atoms with E-state index in [4.69, 9.17) is 0 Å². The van der Waals surface area contributed by atoms with Crippen LogP contribution in [0.5, 0.6) is 0 Å². The fourth-order valence-electron chi connectivity index (χ4n) is 0.732. The molecule has 0 saturated carbocycles. The summed E-state index contributed by atoms with van der Waals surface area (Å²) < 4.78 is 0. The lowest BCUT2D eigenvalue weighted by Crippen LogP contribution is -1.94. The zero-order chi connectivity index (χ0) is 8.27. The van der Waals surface area contributed by atoms with E-state index in [9.17, 15) is 0 Å². The summed E-state index contributed by atoms with van der Waals surface area (Å²) in [5, 5.41) is 0.728. The van der Waals surface area contributed by atoms with E-state index in [1.807, 2.05) is 12.4 Å². The lowest BCUT2D eigenvalue weighted by atomic mass is 10.1. The fourth-order valence-corrected chi connectivity index (χ4v) is 1.02. The minimum Gasteiger partial charge on any atom is -0.240 e. The molecule has 0 aliphatic rings. The van der Waals surface area contributed by atoms with E-state index in [2.05, 4.69) is 39.7 Å². The lowest BCUT2D eigenvalue weighted by molar-refractivity contribution is 0.836. The predicted octanol–water partition coefficient (Wildman–Crippen LogP) is 2.49. The maximum absolute atomic E-state index is 4.16. The molecule has 0 atom stereocenters. The Balaban J connectivity index is 2.83. The molecule has 2 nitrogen and oxygen atoms in total. The van der Waals surface area contributed by atoms with Gasteiger partial charge in [-0.25, -0.2) is 9.97 Å². The van der Waals surface area contributed by atoms with Crippen molar-refractivity contribution >= 4 is 15.9 Å². The summed E-state index contributed by atoms with van der Waals surface area (Å²) in [6.45, 7) is 4.26. The number of nitrogens with zero attached hydrogens (tertiary/aromatic N) is 2. The van der Waals surface area contributed by atoms with Crippen molar-refractivity contribution in [2.45, 2.75) is 25.1 Å². The van der Waals surface area contributed by atoms with Gasteiger partial charge in [-0.15, -0.1) is 0 Å². The highest BCUT2D eigenvalue weighted by atomic mass is 79.9. The molecule has 11 heavy (non-hydrogen) atoms. The summed E-state index contributed by atoms with van der Waals surface area (Å²) in [6, 6.07) is 0. The quantitative estimate of drug-likeness (QED) is 0.708. The van der Waals surface area contributed by atoms with Crippen LogP contribution in [0.4, 0.5) is 0 Å². The molecule has 1 aromatic heterocycles. The number of hydrogen-bond acceptors (Lipinski definition) is 2. The topological polar surface area (TPSA) is 25.8 Å². The van der Waals surface area contributed by atoms with E-state index in [0.29, 0.717) is 5.92 Å². The van der Waals surface area contributed by atoms with E-state index < -0.39 is 0 Å². The number of aromatic nitrogens is 2. The molecule has 0 amide bonds. The molecule has 0 saturated heterocycles. The first kappa shape index (κ1) is 8.65. The van der Waals surface area contributed by atoms with Gasteiger partial charge in [0.25, 0.3) is 0 Å². The van der Waals surface area contributed by atoms with Gasteiger partial charge in [0.15, 0.2) is 0 Å². The van der Waals surface area contributed by atoms with Gasteiger partial charge in [-0.3, -0.25) is 0 Å². The summed E-state index contributed by atoms with van der Waals surface area (Å²) in [6.07, 6.45) is 3.77. The predicted molar refractivity (Wildman–Crippen MR) is 48.8 cm³/mol. The van der Waals surface area contributed by atoms with Crippen molar-refractivity contribution in [1.82, 2.24) is 9.97 Å². The lowest BCUT2D eigenvalue weighted by Gasteiger charge is -2.02. The van der Waals surface area contributed by atoms with Crippen LogP contribution in [-0.2, 0) is 5.33 Å². The normalized spacial score (nSPS) is 10.5. The second-order valence-corrected chi connectivity index (χ2v) is 3.28. The molecule has 3 heteroatoms. The average Bonchev–Trinajstić information content (AvgIpc) is 2.05. The Hall–Kier alpha value is -0.440. The van der Waals surface area contributed by atoms with Crippen LogP contribution >= 0.6 is 15.9 Å². The summed E-state index contributed by atoms with van der Waals surface area (Å²) in [7, 11) is 0. The van der Waals surface area contributed by atoms with Crippen molar-refractivity contribution in [3.05, 3.63) is 23.8 Å². The molecule has 0 bridgehead atoms. The second kappa shape index (κ2) is 3.81. The van der Waals surface area contributed by atoms with Crippen LogP contribution in [0.2, 0.25) is 0 Å². The van der Waals surface area contributed by atoms with E-state index in [1.54, 1.807) is 0 Å². The van der Waals surface area contributed by atoms with Gasteiger partial charge >= 0.3 is 0 Å². The third-order valence-electron chi connectivity index (χ3n) is 1.51. The van der Waals surface area contributed by atoms with Gasteiger partial charge in [-0.1, -0.05) is 29.8 Å². The molecule has 0 fully saturated rings. The number of rotatable bonds is 2. The van der Waals surface area contributed by atoms with E-state index in [1.165, 1.54) is 5.56 Å². The standard InChI is InChI=1S/C8H11BrN2/c1-6(2)7-4-10-8(3-9)11-5-7/h4-6H,3H2,1-2H3. The molecule has 60 valence electrons. The molecule has 0 radical (unpaired) electrons. The average molecular weight is 215 g/mol. The first-order valence-corrected chi connectivity index (χ1v) is 4.73. The van der Waals surface area contributed by atoms with Gasteiger partial charge in [0.2, 0.25) is 0 Å². The summed E-state index contributed by atoms with van der Waals surface area (Å²) in [4.78, 5) is 8.32. The molecule has 0 aromatic carbocycles. The third-order valence-corrected chi connectivity index (χ3v) is 2.01. The van der Waals surface area contributed by atoms with Crippen LogP contribution in [0, 0.1) is 0 Å². The Morgan fingerprint density at radius 3 is 2.27 bits per heavy atom. The van der Waals surface area contributed by atoms with Crippen molar-refractivity contribution in [1.29, 1.82) is 0 Å². The molecule has 0 aliphatic heterocycles. The number of hydrogen-bond donors (Lipinski definition) is 0. The van der Waals surface area contributed by atoms with Crippen molar-refractivity contribution < 1.29 is 0 Å². The molecule has 0 spiro atoms. The maximum Gasteiger partial charge on any atom is 0.138 e. The summed E-state index contributed by atoms with van der Waals surface area (Å²) in [5.74, 6) is 1.36. The van der Waals surface area contributed by atoms with Gasteiger partial charge in [0, 0.05) is 12.4 Å². The van der Waals surface area contributed by atoms with Crippen molar-refractivity contribution in [2.24, 2.45) is 0 Å². The highest BCUT2D eigenvalue weighted by Crippen LogP contribution is 2.11. The molecule has 1 aromatic rings. The Bertz CT molecular complexity index is 218. The van der Waals surface area contributed by atoms with Crippen LogP contribution < -0.4 is 0 Å². The molecule has 0 unspecified atom stereocenters. The third kappa shape index (κ3) is 2.26. The van der Waals surface area contributed by atoms with E-state index in [-0.39, 0.29) is 0 Å². The van der Waals surface area contributed by atoms with Crippen LogP contribution in [0.3, 0.4) is 0 Å². The largest absolute Gasteiger partial charge is 0.240 e. The molecular weight excluding hydrogens is 204 g/mol. The van der Waals surface area contributed by atoms with Crippen molar-refractivity contribution in [2.75, 3.05) is 0 Å². The van der Waals surface area contributed by atoms with E-state index in [0.717, 1.165) is 11.2 Å². The first-order chi connectivity index (χ1) is 5.24. The van der Waals surface area contributed by atoms with Crippen molar-refractivity contribution in [3.63, 3.8) is 0 Å². The van der Waals surface area contributed by atoms with Crippen LogP contribution in [0.1, 0.15) is 31.2 Å². The Morgan fingerprint density at radius 1 is 1.36 bits per heavy atom. The Kier molecular flexibility index (Phi) is 3.00. The Morgan fingerprint density at radius 2 is 1.91 bits per heavy atom.